The third-order valence-corrected chi connectivity index (χ3v) is 6.76. The first-order valence-corrected chi connectivity index (χ1v) is 11.0. The van der Waals surface area contributed by atoms with Crippen LogP contribution in [0.5, 0.6) is 0 Å². The van der Waals surface area contributed by atoms with E-state index in [1.807, 2.05) is 72.5 Å². The lowest BCUT2D eigenvalue weighted by Gasteiger charge is -2.26. The molecule has 1 atom stereocenters. The van der Waals surface area contributed by atoms with Crippen LogP contribution in [0.1, 0.15) is 38.0 Å². The van der Waals surface area contributed by atoms with Crippen LogP contribution in [-0.4, -0.2) is 17.6 Å². The van der Waals surface area contributed by atoms with Gasteiger partial charge in [0.05, 0.1) is 5.75 Å². The van der Waals surface area contributed by atoms with E-state index in [2.05, 4.69) is 25.2 Å². The lowest BCUT2D eigenvalue weighted by atomic mass is 10.1. The van der Waals surface area contributed by atoms with Crippen molar-refractivity contribution in [2.45, 2.75) is 26.1 Å². The predicted octanol–water partition coefficient (Wildman–Crippen LogP) is 5.64. The molecule has 2 amide bonds. The normalized spacial score (nSPS) is 16.0. The van der Waals surface area contributed by atoms with Gasteiger partial charge in [0.1, 0.15) is 5.37 Å². The number of amides is 2. The number of thioether (sulfide) groups is 1. The molecule has 4 nitrogen and oxygen atoms in total. The van der Waals surface area contributed by atoms with E-state index in [0.717, 1.165) is 28.1 Å². The lowest BCUT2D eigenvalue weighted by molar-refractivity contribution is -0.115. The van der Waals surface area contributed by atoms with Gasteiger partial charge < -0.3 is 5.32 Å². The van der Waals surface area contributed by atoms with E-state index in [0.29, 0.717) is 11.3 Å². The van der Waals surface area contributed by atoms with E-state index in [1.54, 1.807) is 11.8 Å². The van der Waals surface area contributed by atoms with Gasteiger partial charge >= 0.3 is 0 Å². The quantitative estimate of drug-likeness (QED) is 0.598. The smallest absolute Gasteiger partial charge is 0.255 e. The highest BCUT2D eigenvalue weighted by Crippen LogP contribution is 2.43. The van der Waals surface area contributed by atoms with Crippen LogP contribution in [0.15, 0.2) is 66.7 Å². The maximum absolute atomic E-state index is 12.7. The average Bonchev–Trinajstić information content (AvgIpc) is 3.12. The van der Waals surface area contributed by atoms with E-state index >= 15 is 0 Å². The highest BCUT2D eigenvalue weighted by atomic mass is 32.2. The second kappa shape index (κ2) is 8.36. The zero-order valence-corrected chi connectivity index (χ0v) is 18.1. The predicted molar refractivity (Wildman–Crippen MR) is 124 cm³/mol. The van der Waals surface area contributed by atoms with Crippen LogP contribution >= 0.6 is 11.8 Å². The number of benzene rings is 3. The molecule has 0 spiro atoms. The van der Waals surface area contributed by atoms with Crippen molar-refractivity contribution in [3.8, 4) is 0 Å². The van der Waals surface area contributed by atoms with Crippen LogP contribution in [0.2, 0.25) is 0 Å². The van der Waals surface area contributed by atoms with Gasteiger partial charge in [-0.2, -0.15) is 0 Å². The summed E-state index contributed by atoms with van der Waals surface area (Å²) < 4.78 is 0. The molecule has 0 unspecified atom stereocenters. The van der Waals surface area contributed by atoms with Gasteiger partial charge in [-0.15, -0.1) is 11.8 Å². The first-order chi connectivity index (χ1) is 14.5. The van der Waals surface area contributed by atoms with E-state index < -0.39 is 0 Å². The summed E-state index contributed by atoms with van der Waals surface area (Å²) in [5.74, 6) is 0.461. The summed E-state index contributed by atoms with van der Waals surface area (Å²) in [5.41, 5.74) is 6.65. The molecule has 1 fully saturated rings. The van der Waals surface area contributed by atoms with Crippen LogP contribution in [0.25, 0.3) is 0 Å². The number of carbonyl (C=O) groups is 2. The topological polar surface area (TPSA) is 49.4 Å². The molecular formula is C25H24N2O2S. The van der Waals surface area contributed by atoms with Crippen LogP contribution in [0.3, 0.4) is 0 Å². The van der Waals surface area contributed by atoms with Crippen molar-refractivity contribution >= 4 is 35.0 Å². The minimum atomic E-state index is -0.122. The van der Waals surface area contributed by atoms with Gasteiger partial charge in [-0.05, 0) is 67.3 Å². The Bertz CT molecular complexity index is 1110. The number of hydrogen-bond acceptors (Lipinski definition) is 3. The fourth-order valence-corrected chi connectivity index (χ4v) is 4.85. The number of rotatable bonds is 4. The van der Waals surface area contributed by atoms with Crippen molar-refractivity contribution in [2.75, 3.05) is 16.0 Å². The fourth-order valence-electron chi connectivity index (χ4n) is 3.68. The Morgan fingerprint density at radius 1 is 0.933 bits per heavy atom. The summed E-state index contributed by atoms with van der Waals surface area (Å²) in [6.45, 7) is 6.05. The molecule has 3 aromatic carbocycles. The molecule has 0 saturated carbocycles. The highest BCUT2D eigenvalue weighted by molar-refractivity contribution is 8.00. The first-order valence-electron chi connectivity index (χ1n) is 9.92. The molecule has 3 aromatic rings. The van der Waals surface area contributed by atoms with Gasteiger partial charge in [0, 0.05) is 16.9 Å². The first kappa shape index (κ1) is 20.2. The zero-order valence-electron chi connectivity index (χ0n) is 17.3. The van der Waals surface area contributed by atoms with Gasteiger partial charge in [-0.3, -0.25) is 14.5 Å². The van der Waals surface area contributed by atoms with Crippen molar-refractivity contribution in [1.29, 1.82) is 0 Å². The summed E-state index contributed by atoms with van der Waals surface area (Å²) >= 11 is 1.63. The molecule has 1 heterocycles. The summed E-state index contributed by atoms with van der Waals surface area (Å²) in [6, 6.07) is 21.4. The van der Waals surface area contributed by atoms with Gasteiger partial charge in [0.25, 0.3) is 5.91 Å². The second-order valence-corrected chi connectivity index (χ2v) is 8.61. The Hall–Kier alpha value is -3.05. The summed E-state index contributed by atoms with van der Waals surface area (Å²) in [7, 11) is 0. The Kier molecular flexibility index (Phi) is 5.64. The number of nitrogens with zero attached hydrogens (tertiary/aromatic N) is 1. The number of anilines is 2. The van der Waals surface area contributed by atoms with E-state index in [9.17, 15) is 9.59 Å². The minimum absolute atomic E-state index is 0.0703. The molecule has 0 radical (unpaired) electrons. The van der Waals surface area contributed by atoms with Crippen LogP contribution in [0, 0.1) is 20.8 Å². The molecule has 0 aliphatic carbocycles. The molecule has 0 aromatic heterocycles. The fraction of sp³-hybridized carbons (Fsp3) is 0.200. The Labute approximate surface area is 181 Å². The summed E-state index contributed by atoms with van der Waals surface area (Å²) in [4.78, 5) is 27.1. The third-order valence-electron chi connectivity index (χ3n) is 5.55. The molecule has 1 aliphatic heterocycles. The van der Waals surface area contributed by atoms with Crippen molar-refractivity contribution in [2.24, 2.45) is 0 Å². The van der Waals surface area contributed by atoms with Gasteiger partial charge in [-0.25, -0.2) is 0 Å². The number of carbonyl (C=O) groups excluding carboxylic acids is 2. The molecule has 4 rings (SSSR count). The largest absolute Gasteiger partial charge is 0.322 e. The molecule has 152 valence electrons. The Morgan fingerprint density at radius 2 is 1.63 bits per heavy atom. The van der Waals surface area contributed by atoms with Crippen LogP contribution in [0.4, 0.5) is 11.4 Å². The molecule has 0 bridgehead atoms. The molecule has 30 heavy (non-hydrogen) atoms. The Balaban J connectivity index is 1.56. The van der Waals surface area contributed by atoms with E-state index in [1.165, 1.54) is 5.56 Å². The van der Waals surface area contributed by atoms with Crippen molar-refractivity contribution in [3.63, 3.8) is 0 Å². The van der Waals surface area contributed by atoms with Crippen molar-refractivity contribution in [3.05, 3.63) is 94.5 Å². The highest BCUT2D eigenvalue weighted by Gasteiger charge is 2.34. The molecule has 1 aliphatic rings. The average molecular weight is 417 g/mol. The zero-order chi connectivity index (χ0) is 21.3. The monoisotopic (exact) mass is 416 g/mol. The van der Waals surface area contributed by atoms with Crippen LogP contribution in [-0.2, 0) is 4.79 Å². The summed E-state index contributed by atoms with van der Waals surface area (Å²) in [5, 5.41) is 2.89. The number of aryl methyl sites for hydroxylation is 2. The van der Waals surface area contributed by atoms with Crippen molar-refractivity contribution < 1.29 is 9.59 Å². The maximum Gasteiger partial charge on any atom is 0.255 e. The molecule has 5 heteroatoms. The molecule has 1 saturated heterocycles. The van der Waals surface area contributed by atoms with Gasteiger partial charge in [0.15, 0.2) is 0 Å². The number of nitrogens with one attached hydrogen (secondary N) is 1. The lowest BCUT2D eigenvalue weighted by Crippen LogP contribution is -2.28. The van der Waals surface area contributed by atoms with E-state index in [-0.39, 0.29) is 17.2 Å². The third kappa shape index (κ3) is 3.85. The standard InChI is InChI=1S/C25H24N2O2S/c1-16-8-6-10-22(18(16)3)27-23(28)15-30-25(27)19-11-13-20(14-12-19)26-24(29)21-9-5-4-7-17(21)2/h4-14,25H,15H2,1-3H3,(H,26,29)/t25-/m0/s1. The SMILES string of the molecule is Cc1ccccc1C(=O)Nc1ccc([C@@H]2SCC(=O)N2c2cccc(C)c2C)cc1. The van der Waals surface area contributed by atoms with E-state index in [4.69, 9.17) is 0 Å². The maximum atomic E-state index is 12.7. The molecule has 1 N–H and O–H groups in total. The second-order valence-electron chi connectivity index (χ2n) is 7.54. The Morgan fingerprint density at radius 3 is 2.37 bits per heavy atom. The van der Waals surface area contributed by atoms with Gasteiger partial charge in [-0.1, -0.05) is 42.5 Å². The summed E-state index contributed by atoms with van der Waals surface area (Å²) in [6.07, 6.45) is 0. The van der Waals surface area contributed by atoms with Crippen molar-refractivity contribution in [1.82, 2.24) is 0 Å². The minimum Gasteiger partial charge on any atom is -0.322 e. The van der Waals surface area contributed by atoms with Gasteiger partial charge in [0.2, 0.25) is 5.91 Å². The van der Waals surface area contributed by atoms with Crippen LogP contribution < -0.4 is 10.2 Å². The molecular weight excluding hydrogens is 392 g/mol. The number of hydrogen-bond donors (Lipinski definition) is 1.